The van der Waals surface area contributed by atoms with E-state index < -0.39 is 0 Å². The van der Waals surface area contributed by atoms with Gasteiger partial charge >= 0.3 is 0 Å². The maximum atomic E-state index is 11.0. The molecule has 1 heterocycles. The number of non-ortho nitro benzene ring substituents is 1. The minimum Gasteiger partial charge on any atom is -0.340 e. The van der Waals surface area contributed by atoms with Gasteiger partial charge in [-0.2, -0.15) is 0 Å². The topological polar surface area (TPSA) is 48.1 Å². The van der Waals surface area contributed by atoms with Crippen LogP contribution < -0.4 is 0 Å². The third kappa shape index (κ3) is 1.94. The molecule has 0 saturated carbocycles. The lowest BCUT2D eigenvalue weighted by Gasteiger charge is -2.04. The fraction of sp³-hybridized carbons (Fsp3) is 0.143. The Morgan fingerprint density at radius 3 is 2.60 bits per heavy atom. The van der Waals surface area contributed by atoms with Crippen LogP contribution in [0.15, 0.2) is 39.3 Å². The number of hydrogen-bond acceptors (Lipinski definition) is 2. The number of nitro groups is 1. The molecule has 0 spiro atoms. The molecule has 0 aliphatic carbocycles. The first-order valence-electron chi connectivity index (χ1n) is 6.08. The van der Waals surface area contributed by atoms with Gasteiger partial charge in [0, 0.05) is 43.9 Å². The molecular formula is C14H10Br2N2O2. The number of nitro benzene ring substituents is 1. The van der Waals surface area contributed by atoms with Gasteiger partial charge in [-0.3, -0.25) is 10.1 Å². The highest BCUT2D eigenvalue weighted by molar-refractivity contribution is 9.11. The molecule has 0 amide bonds. The third-order valence-electron chi connectivity index (χ3n) is 3.39. The first-order valence-corrected chi connectivity index (χ1v) is 7.67. The summed E-state index contributed by atoms with van der Waals surface area (Å²) in [6.07, 6.45) is 0. The minimum absolute atomic E-state index is 0.115. The predicted molar refractivity (Wildman–Crippen MR) is 87.2 cm³/mol. The Balaban J connectivity index is 2.54. The summed E-state index contributed by atoms with van der Waals surface area (Å²) in [6.45, 7) is 2.87. The summed E-state index contributed by atoms with van der Waals surface area (Å²) in [6, 6.07) is 9.00. The quantitative estimate of drug-likeness (QED) is 0.438. The van der Waals surface area contributed by atoms with E-state index in [-0.39, 0.29) is 10.6 Å². The van der Waals surface area contributed by atoms with Crippen molar-refractivity contribution in [2.24, 2.45) is 0 Å². The number of aryl methyl sites for hydroxylation is 1. The van der Waals surface area contributed by atoms with E-state index >= 15 is 0 Å². The molecule has 1 aromatic heterocycles. The van der Waals surface area contributed by atoms with Gasteiger partial charge in [-0.1, -0.05) is 15.9 Å². The van der Waals surface area contributed by atoms with Crippen LogP contribution in [0.3, 0.4) is 0 Å². The summed E-state index contributed by atoms with van der Waals surface area (Å²) < 4.78 is 4.08. The second-order valence-electron chi connectivity index (χ2n) is 4.49. The van der Waals surface area contributed by atoms with Gasteiger partial charge in [0.15, 0.2) is 0 Å². The van der Waals surface area contributed by atoms with Gasteiger partial charge in [-0.15, -0.1) is 0 Å². The van der Waals surface area contributed by atoms with Crippen molar-refractivity contribution in [3.8, 4) is 0 Å². The smallest absolute Gasteiger partial charge is 0.270 e. The molecule has 0 unspecified atom stereocenters. The summed E-state index contributed by atoms with van der Waals surface area (Å²) in [5.41, 5.74) is 2.18. The highest BCUT2D eigenvalue weighted by Crippen LogP contribution is 2.37. The van der Waals surface area contributed by atoms with Crippen molar-refractivity contribution in [3.63, 3.8) is 0 Å². The van der Waals surface area contributed by atoms with Gasteiger partial charge in [0.05, 0.1) is 10.4 Å². The fourth-order valence-corrected chi connectivity index (χ4v) is 4.02. The number of benzene rings is 2. The zero-order valence-corrected chi connectivity index (χ0v) is 13.7. The Labute approximate surface area is 131 Å². The summed E-state index contributed by atoms with van der Waals surface area (Å²) in [5, 5.41) is 12.9. The second kappa shape index (κ2) is 4.86. The van der Waals surface area contributed by atoms with Crippen LogP contribution in [0, 0.1) is 10.1 Å². The van der Waals surface area contributed by atoms with E-state index in [0.29, 0.717) is 0 Å². The van der Waals surface area contributed by atoms with Crippen molar-refractivity contribution >= 4 is 59.4 Å². The maximum absolute atomic E-state index is 11.0. The maximum Gasteiger partial charge on any atom is 0.270 e. The Bertz CT molecular complexity index is 855. The lowest BCUT2D eigenvalue weighted by Crippen LogP contribution is -1.94. The molecule has 4 nitrogen and oxygen atoms in total. The van der Waals surface area contributed by atoms with E-state index in [4.69, 9.17) is 0 Å². The van der Waals surface area contributed by atoms with Gasteiger partial charge in [-0.05, 0) is 41.1 Å². The van der Waals surface area contributed by atoms with Crippen LogP contribution in [0.1, 0.15) is 6.92 Å². The molecule has 0 aliphatic rings. The molecule has 0 atom stereocenters. The summed E-state index contributed by atoms with van der Waals surface area (Å²) in [7, 11) is 0. The van der Waals surface area contributed by atoms with E-state index in [1.54, 1.807) is 12.1 Å². The van der Waals surface area contributed by atoms with Crippen LogP contribution in [0.5, 0.6) is 0 Å². The first-order chi connectivity index (χ1) is 9.52. The van der Waals surface area contributed by atoms with Gasteiger partial charge in [0.25, 0.3) is 5.69 Å². The van der Waals surface area contributed by atoms with Crippen LogP contribution in [-0.2, 0) is 6.54 Å². The van der Waals surface area contributed by atoms with Crippen molar-refractivity contribution in [1.29, 1.82) is 0 Å². The Kier molecular flexibility index (Phi) is 3.30. The largest absolute Gasteiger partial charge is 0.340 e. The standard InChI is InChI=1S/C14H10Br2N2O2/c1-2-17-13-4-3-9(18(19)20)7-10(13)11-5-8(15)6-12(16)14(11)17/h3-7H,2H2,1H3. The average molecular weight is 398 g/mol. The molecule has 0 bridgehead atoms. The van der Waals surface area contributed by atoms with Crippen LogP contribution in [0.4, 0.5) is 5.69 Å². The van der Waals surface area contributed by atoms with E-state index in [9.17, 15) is 10.1 Å². The lowest BCUT2D eigenvalue weighted by molar-refractivity contribution is -0.384. The molecule has 0 aliphatic heterocycles. The number of rotatable bonds is 2. The summed E-state index contributed by atoms with van der Waals surface area (Å²) >= 11 is 7.05. The molecule has 102 valence electrons. The highest BCUT2D eigenvalue weighted by Gasteiger charge is 2.16. The fourth-order valence-electron chi connectivity index (χ4n) is 2.58. The number of halogens is 2. The van der Waals surface area contributed by atoms with Gasteiger partial charge in [-0.25, -0.2) is 0 Å². The number of fused-ring (bicyclic) bond motifs is 3. The molecule has 20 heavy (non-hydrogen) atoms. The van der Waals surface area contributed by atoms with Crippen molar-refractivity contribution in [1.82, 2.24) is 4.57 Å². The highest BCUT2D eigenvalue weighted by atomic mass is 79.9. The summed E-state index contributed by atoms with van der Waals surface area (Å²) in [4.78, 5) is 10.6. The van der Waals surface area contributed by atoms with Crippen molar-refractivity contribution in [2.45, 2.75) is 13.5 Å². The number of aromatic nitrogens is 1. The molecule has 0 fully saturated rings. The molecule has 0 saturated heterocycles. The van der Waals surface area contributed by atoms with Crippen molar-refractivity contribution in [3.05, 3.63) is 49.4 Å². The van der Waals surface area contributed by atoms with Gasteiger partial charge in [0.2, 0.25) is 0 Å². The van der Waals surface area contributed by atoms with E-state index in [2.05, 4.69) is 43.4 Å². The van der Waals surface area contributed by atoms with Crippen LogP contribution in [0.2, 0.25) is 0 Å². The Hall–Kier alpha value is -1.40. The number of hydrogen-bond donors (Lipinski definition) is 0. The molecule has 2 aromatic carbocycles. The molecular weight excluding hydrogens is 388 g/mol. The van der Waals surface area contributed by atoms with Crippen LogP contribution in [-0.4, -0.2) is 9.49 Å². The minimum atomic E-state index is -0.360. The zero-order valence-electron chi connectivity index (χ0n) is 10.6. The van der Waals surface area contributed by atoms with Gasteiger partial charge in [0.1, 0.15) is 0 Å². The average Bonchev–Trinajstić information content (AvgIpc) is 2.72. The predicted octanol–water partition coefficient (Wildman–Crippen LogP) is 5.25. The first kappa shape index (κ1) is 13.6. The van der Waals surface area contributed by atoms with E-state index in [0.717, 1.165) is 37.3 Å². The van der Waals surface area contributed by atoms with E-state index in [1.807, 2.05) is 18.2 Å². The van der Waals surface area contributed by atoms with E-state index in [1.165, 1.54) is 0 Å². The third-order valence-corrected chi connectivity index (χ3v) is 4.45. The molecule has 3 rings (SSSR count). The molecule has 3 aromatic rings. The number of nitrogens with zero attached hydrogens (tertiary/aromatic N) is 2. The van der Waals surface area contributed by atoms with Crippen LogP contribution >= 0.6 is 31.9 Å². The monoisotopic (exact) mass is 396 g/mol. The lowest BCUT2D eigenvalue weighted by atomic mass is 10.1. The Morgan fingerprint density at radius 2 is 1.95 bits per heavy atom. The van der Waals surface area contributed by atoms with Crippen molar-refractivity contribution < 1.29 is 4.92 Å². The zero-order chi connectivity index (χ0) is 14.4. The molecule has 6 heteroatoms. The summed E-state index contributed by atoms with van der Waals surface area (Å²) in [5.74, 6) is 0. The van der Waals surface area contributed by atoms with Crippen molar-refractivity contribution in [2.75, 3.05) is 0 Å². The second-order valence-corrected chi connectivity index (χ2v) is 6.26. The SMILES string of the molecule is CCn1c2ccc([N+](=O)[O-])cc2c2cc(Br)cc(Br)c21. The molecule has 0 radical (unpaired) electrons. The van der Waals surface area contributed by atoms with Gasteiger partial charge < -0.3 is 4.57 Å². The van der Waals surface area contributed by atoms with Crippen LogP contribution in [0.25, 0.3) is 21.8 Å². The Morgan fingerprint density at radius 1 is 1.20 bits per heavy atom. The molecule has 0 N–H and O–H groups in total. The normalized spacial score (nSPS) is 11.3.